The van der Waals surface area contributed by atoms with Crippen molar-refractivity contribution in [3.63, 3.8) is 0 Å². The van der Waals surface area contributed by atoms with Crippen molar-refractivity contribution in [2.45, 2.75) is 24.7 Å². The maximum Gasteiger partial charge on any atom is 0.339 e. The molecule has 1 aromatic carbocycles. The van der Waals surface area contributed by atoms with E-state index in [0.717, 1.165) is 10.5 Å². The number of benzene rings is 1. The van der Waals surface area contributed by atoms with E-state index in [0.29, 0.717) is 25.0 Å². The normalized spacial score (nSPS) is 9.71. The molecule has 4 heteroatoms. The number of thioether (sulfide) groups is 1. The Balaban J connectivity index is 3.11. The molecule has 17 heavy (non-hydrogen) atoms. The number of nitrogens with zero attached hydrogens (tertiary/aromatic N) is 1. The van der Waals surface area contributed by atoms with Crippen LogP contribution in [0.25, 0.3) is 0 Å². The molecule has 1 rings (SSSR count). The van der Waals surface area contributed by atoms with E-state index in [1.165, 1.54) is 11.8 Å². The third kappa shape index (κ3) is 3.50. The molecular weight excluding hydrogens is 234 g/mol. The van der Waals surface area contributed by atoms with Crippen LogP contribution >= 0.6 is 11.8 Å². The van der Waals surface area contributed by atoms with Crippen LogP contribution in [0.3, 0.4) is 0 Å². The first-order valence-corrected chi connectivity index (χ1v) is 6.67. The molecule has 0 aromatic heterocycles. The predicted octanol–water partition coefficient (Wildman–Crippen LogP) is 3.04. The van der Waals surface area contributed by atoms with Crippen molar-refractivity contribution in [2.75, 3.05) is 12.9 Å². The molecular formula is C13H15NO2S. The van der Waals surface area contributed by atoms with E-state index in [1.54, 1.807) is 6.92 Å². The van der Waals surface area contributed by atoms with Gasteiger partial charge in [-0.2, -0.15) is 5.26 Å². The number of esters is 1. The lowest BCUT2D eigenvalue weighted by atomic mass is 10.0. The average molecular weight is 249 g/mol. The second-order valence-corrected chi connectivity index (χ2v) is 4.22. The molecule has 90 valence electrons. The maximum atomic E-state index is 11.9. The second-order valence-electron chi connectivity index (χ2n) is 3.37. The van der Waals surface area contributed by atoms with Gasteiger partial charge in [-0.1, -0.05) is 12.1 Å². The zero-order valence-corrected chi connectivity index (χ0v) is 10.8. The quantitative estimate of drug-likeness (QED) is 0.594. The first-order valence-electron chi connectivity index (χ1n) is 5.44. The van der Waals surface area contributed by atoms with Crippen molar-refractivity contribution in [3.8, 4) is 6.07 Å². The predicted molar refractivity (Wildman–Crippen MR) is 68.1 cm³/mol. The number of hydrogen-bond acceptors (Lipinski definition) is 4. The summed E-state index contributed by atoms with van der Waals surface area (Å²) >= 11 is 1.51. The van der Waals surface area contributed by atoms with Gasteiger partial charge in [0.2, 0.25) is 0 Å². The van der Waals surface area contributed by atoms with Gasteiger partial charge in [-0.3, -0.25) is 0 Å². The van der Waals surface area contributed by atoms with Crippen molar-refractivity contribution in [3.05, 3.63) is 29.3 Å². The Bertz CT molecular complexity index is 438. The number of ether oxygens (including phenoxy) is 1. The van der Waals surface area contributed by atoms with Crippen molar-refractivity contribution in [1.29, 1.82) is 5.26 Å². The highest BCUT2D eigenvalue weighted by molar-refractivity contribution is 7.98. The number of hydrogen-bond donors (Lipinski definition) is 0. The molecule has 0 saturated carbocycles. The lowest BCUT2D eigenvalue weighted by molar-refractivity contribution is 0.0521. The zero-order chi connectivity index (χ0) is 12.7. The van der Waals surface area contributed by atoms with E-state index in [1.807, 2.05) is 24.5 Å². The van der Waals surface area contributed by atoms with Crippen molar-refractivity contribution in [1.82, 2.24) is 0 Å². The lowest BCUT2D eigenvalue weighted by Crippen LogP contribution is -2.09. The molecule has 0 bridgehead atoms. The average Bonchev–Trinajstić information content (AvgIpc) is 2.35. The highest BCUT2D eigenvalue weighted by Gasteiger charge is 2.16. The summed E-state index contributed by atoms with van der Waals surface area (Å²) in [6.07, 6.45) is 2.91. The molecule has 0 unspecified atom stereocenters. The van der Waals surface area contributed by atoms with E-state index in [9.17, 15) is 4.79 Å². The Kier molecular flexibility index (Phi) is 5.58. The lowest BCUT2D eigenvalue weighted by Gasteiger charge is -2.11. The minimum absolute atomic E-state index is 0.301. The monoisotopic (exact) mass is 249 g/mol. The first kappa shape index (κ1) is 13.6. The largest absolute Gasteiger partial charge is 0.462 e. The Hall–Kier alpha value is -1.47. The summed E-state index contributed by atoms with van der Waals surface area (Å²) in [6.45, 7) is 2.15. The number of aryl methyl sites for hydroxylation is 1. The molecule has 0 spiro atoms. The minimum Gasteiger partial charge on any atom is -0.462 e. The van der Waals surface area contributed by atoms with Crippen LogP contribution in [-0.4, -0.2) is 18.8 Å². The molecule has 1 aromatic rings. The summed E-state index contributed by atoms with van der Waals surface area (Å²) in [7, 11) is 0. The van der Waals surface area contributed by atoms with Crippen LogP contribution in [0.1, 0.15) is 29.3 Å². The van der Waals surface area contributed by atoms with Crippen molar-refractivity contribution in [2.24, 2.45) is 0 Å². The third-order valence-corrected chi connectivity index (χ3v) is 3.10. The zero-order valence-electron chi connectivity index (χ0n) is 10.0. The van der Waals surface area contributed by atoms with Crippen LogP contribution in [0.15, 0.2) is 23.1 Å². The van der Waals surface area contributed by atoms with Crippen LogP contribution < -0.4 is 0 Å². The van der Waals surface area contributed by atoms with E-state index >= 15 is 0 Å². The molecule has 0 aliphatic carbocycles. The van der Waals surface area contributed by atoms with Crippen molar-refractivity contribution < 1.29 is 9.53 Å². The van der Waals surface area contributed by atoms with Crippen LogP contribution in [0.5, 0.6) is 0 Å². The molecule has 0 aliphatic heterocycles. The van der Waals surface area contributed by atoms with E-state index in [4.69, 9.17) is 10.00 Å². The van der Waals surface area contributed by atoms with Crippen molar-refractivity contribution >= 4 is 17.7 Å². The third-order valence-electron chi connectivity index (χ3n) is 2.32. The molecule has 3 nitrogen and oxygen atoms in total. The van der Waals surface area contributed by atoms with E-state index in [2.05, 4.69) is 6.07 Å². The van der Waals surface area contributed by atoms with E-state index in [-0.39, 0.29) is 5.97 Å². The first-order chi connectivity index (χ1) is 8.24. The van der Waals surface area contributed by atoms with Crippen LogP contribution in [0, 0.1) is 11.3 Å². The van der Waals surface area contributed by atoms with Gasteiger partial charge in [-0.15, -0.1) is 11.8 Å². The van der Waals surface area contributed by atoms with Gasteiger partial charge in [0.25, 0.3) is 0 Å². The van der Waals surface area contributed by atoms with Gasteiger partial charge in [-0.05, 0) is 31.2 Å². The summed E-state index contributed by atoms with van der Waals surface area (Å²) in [5.74, 6) is -0.301. The second kappa shape index (κ2) is 6.97. The van der Waals surface area contributed by atoms with E-state index < -0.39 is 0 Å². The fraction of sp³-hybridized carbons (Fsp3) is 0.385. The topological polar surface area (TPSA) is 50.1 Å². The highest BCUT2D eigenvalue weighted by atomic mass is 32.2. The fourth-order valence-corrected chi connectivity index (χ4v) is 2.21. The summed E-state index contributed by atoms with van der Waals surface area (Å²) in [4.78, 5) is 12.8. The molecule has 0 radical (unpaired) electrons. The summed E-state index contributed by atoms with van der Waals surface area (Å²) in [6, 6.07) is 7.77. The van der Waals surface area contributed by atoms with Gasteiger partial charge in [0.15, 0.2) is 0 Å². The van der Waals surface area contributed by atoms with Gasteiger partial charge >= 0.3 is 5.97 Å². The standard InChI is InChI=1S/C13H15NO2S/c1-3-16-13(15)12-10(7-5-9-14)6-4-8-11(12)17-2/h4,6,8H,3,5,7H2,1-2H3. The summed E-state index contributed by atoms with van der Waals surface area (Å²) < 4.78 is 5.06. The Morgan fingerprint density at radius 2 is 2.29 bits per heavy atom. The highest BCUT2D eigenvalue weighted by Crippen LogP contribution is 2.25. The fourth-order valence-electron chi connectivity index (χ4n) is 1.58. The summed E-state index contributed by atoms with van der Waals surface area (Å²) in [5.41, 5.74) is 1.49. The van der Waals surface area contributed by atoms with Gasteiger partial charge in [0.1, 0.15) is 0 Å². The SMILES string of the molecule is CCOC(=O)c1c(CCC#N)cccc1SC. The van der Waals surface area contributed by atoms with Gasteiger partial charge < -0.3 is 4.74 Å². The number of carbonyl (C=O) groups excluding carboxylic acids is 1. The molecule has 0 N–H and O–H groups in total. The Morgan fingerprint density at radius 1 is 1.53 bits per heavy atom. The smallest absolute Gasteiger partial charge is 0.339 e. The van der Waals surface area contributed by atoms with Crippen LogP contribution in [-0.2, 0) is 11.2 Å². The van der Waals surface area contributed by atoms with Gasteiger partial charge in [0, 0.05) is 11.3 Å². The molecule has 0 amide bonds. The van der Waals surface area contributed by atoms with Crippen LogP contribution in [0.4, 0.5) is 0 Å². The number of nitriles is 1. The molecule has 0 aliphatic rings. The number of carbonyl (C=O) groups is 1. The molecule has 0 atom stereocenters. The van der Waals surface area contributed by atoms with Gasteiger partial charge in [-0.25, -0.2) is 4.79 Å². The summed E-state index contributed by atoms with van der Waals surface area (Å²) in [5, 5.41) is 8.62. The molecule has 0 heterocycles. The minimum atomic E-state index is -0.301. The Morgan fingerprint density at radius 3 is 2.88 bits per heavy atom. The van der Waals surface area contributed by atoms with Gasteiger partial charge in [0.05, 0.1) is 18.2 Å². The Labute approximate surface area is 106 Å². The molecule has 0 saturated heterocycles. The van der Waals surface area contributed by atoms with Crippen LogP contribution in [0.2, 0.25) is 0 Å². The maximum absolute atomic E-state index is 11.9. The molecule has 0 fully saturated rings. The number of rotatable bonds is 5.